The number of carbonyl (C=O) groups is 1. The van der Waals surface area contributed by atoms with Crippen molar-refractivity contribution in [2.24, 2.45) is 0 Å². The number of benzene rings is 2. The normalized spacial score (nSPS) is 13.1. The van der Waals surface area contributed by atoms with Gasteiger partial charge in [0.15, 0.2) is 0 Å². The Labute approximate surface area is 132 Å². The average Bonchev–Trinajstić information content (AvgIpc) is 2.89. The molecule has 0 fully saturated rings. The minimum Gasteiger partial charge on any atom is -0.508 e. The zero-order valence-corrected chi connectivity index (χ0v) is 12.7. The Morgan fingerprint density at radius 1 is 1.27 bits per heavy atom. The number of carbonyl (C=O) groups excluding carboxylic acids is 1. The molecule has 5 nitrogen and oxygen atoms in total. The summed E-state index contributed by atoms with van der Waals surface area (Å²) in [5.74, 6) is -0.859. The van der Waals surface area contributed by atoms with Gasteiger partial charge in [-0.2, -0.15) is 0 Å². The summed E-state index contributed by atoms with van der Waals surface area (Å²) in [5.41, 5.74) is 3.12. The molecule has 0 aromatic heterocycles. The molecule has 1 amide bonds. The third kappa shape index (κ3) is 2.33. The lowest BCUT2D eigenvalue weighted by Crippen LogP contribution is -2.25. The third-order valence-corrected chi connectivity index (χ3v) is 4.11. The minimum atomic E-state index is -0.360. The van der Waals surface area contributed by atoms with Crippen LogP contribution in [0.2, 0.25) is 5.02 Å². The highest BCUT2D eigenvalue weighted by Crippen LogP contribution is 2.35. The number of phenols is 2. The first kappa shape index (κ1) is 14.5. The van der Waals surface area contributed by atoms with Crippen LogP contribution in [0.3, 0.4) is 0 Å². The summed E-state index contributed by atoms with van der Waals surface area (Å²) in [5, 5.41) is 22.5. The number of nitrogens with one attached hydrogen (secondary N) is 1. The van der Waals surface area contributed by atoms with E-state index in [1.165, 1.54) is 6.07 Å². The van der Waals surface area contributed by atoms with Crippen LogP contribution in [0, 0.1) is 0 Å². The topological polar surface area (TPSA) is 72.8 Å². The molecule has 0 unspecified atom stereocenters. The highest BCUT2D eigenvalue weighted by Gasteiger charge is 2.29. The molecular formula is C16H15ClN2O3. The van der Waals surface area contributed by atoms with Crippen molar-refractivity contribution in [2.45, 2.75) is 13.1 Å². The molecule has 0 spiro atoms. The summed E-state index contributed by atoms with van der Waals surface area (Å²) in [6.45, 7) is 0.905. The van der Waals surface area contributed by atoms with Crippen LogP contribution in [0.1, 0.15) is 21.5 Å². The molecule has 0 saturated heterocycles. The van der Waals surface area contributed by atoms with Crippen LogP contribution in [-0.4, -0.2) is 28.1 Å². The first-order chi connectivity index (χ1) is 10.5. The van der Waals surface area contributed by atoms with Gasteiger partial charge in [0.05, 0.1) is 5.02 Å². The number of anilines is 1. The van der Waals surface area contributed by atoms with Crippen LogP contribution in [0.15, 0.2) is 30.3 Å². The van der Waals surface area contributed by atoms with Gasteiger partial charge in [-0.25, -0.2) is 0 Å². The first-order valence-electron chi connectivity index (χ1n) is 6.80. The van der Waals surface area contributed by atoms with E-state index in [0.717, 1.165) is 22.9 Å². The van der Waals surface area contributed by atoms with Crippen molar-refractivity contribution in [2.75, 3.05) is 12.4 Å². The molecule has 114 valence electrons. The third-order valence-electron chi connectivity index (χ3n) is 3.81. The van der Waals surface area contributed by atoms with E-state index in [1.54, 1.807) is 4.90 Å². The number of rotatable bonds is 2. The van der Waals surface area contributed by atoms with Gasteiger partial charge < -0.3 is 20.4 Å². The Balaban J connectivity index is 1.93. The molecule has 1 aliphatic rings. The maximum Gasteiger partial charge on any atom is 0.259 e. The summed E-state index contributed by atoms with van der Waals surface area (Å²) in [7, 11) is 1.84. The molecule has 0 saturated carbocycles. The summed E-state index contributed by atoms with van der Waals surface area (Å²) in [6.07, 6.45) is 0. The van der Waals surface area contributed by atoms with E-state index in [1.807, 2.05) is 25.2 Å². The fraction of sp³-hybridized carbons (Fsp3) is 0.188. The Kier molecular flexibility index (Phi) is 3.58. The molecule has 0 atom stereocenters. The van der Waals surface area contributed by atoms with Gasteiger partial charge in [-0.3, -0.25) is 4.79 Å². The SMILES string of the molecule is CNc1cccc2c1CN(C(=O)c1c(O)cc(O)cc1Cl)C2. The van der Waals surface area contributed by atoms with Crippen LogP contribution >= 0.6 is 11.6 Å². The van der Waals surface area contributed by atoms with Crippen molar-refractivity contribution in [3.05, 3.63) is 52.0 Å². The summed E-state index contributed by atoms with van der Waals surface area (Å²) >= 11 is 6.00. The number of halogens is 1. The molecule has 2 aromatic carbocycles. The van der Waals surface area contributed by atoms with Crippen molar-refractivity contribution in [3.63, 3.8) is 0 Å². The van der Waals surface area contributed by atoms with E-state index >= 15 is 0 Å². The standard InChI is InChI=1S/C16H15ClN2O3/c1-18-13-4-2-3-9-7-19(8-11(9)13)16(22)15-12(17)5-10(20)6-14(15)21/h2-6,18,20-21H,7-8H2,1H3. The first-order valence-corrected chi connectivity index (χ1v) is 7.18. The van der Waals surface area contributed by atoms with E-state index < -0.39 is 0 Å². The van der Waals surface area contributed by atoms with Crippen molar-refractivity contribution >= 4 is 23.2 Å². The number of nitrogens with zero attached hydrogens (tertiary/aromatic N) is 1. The minimum absolute atomic E-state index is 0.0123. The molecule has 22 heavy (non-hydrogen) atoms. The predicted octanol–water partition coefficient (Wildman–Crippen LogP) is 2.95. The van der Waals surface area contributed by atoms with Crippen molar-refractivity contribution < 1.29 is 15.0 Å². The fourth-order valence-electron chi connectivity index (χ4n) is 2.75. The largest absolute Gasteiger partial charge is 0.508 e. The Bertz CT molecular complexity index is 738. The second-order valence-electron chi connectivity index (χ2n) is 5.18. The van der Waals surface area contributed by atoms with Crippen LogP contribution in [-0.2, 0) is 13.1 Å². The van der Waals surface area contributed by atoms with Gasteiger partial charge in [0, 0.05) is 31.9 Å². The lowest BCUT2D eigenvalue weighted by atomic mass is 10.1. The van der Waals surface area contributed by atoms with Gasteiger partial charge in [0.1, 0.15) is 17.1 Å². The maximum absolute atomic E-state index is 12.6. The highest BCUT2D eigenvalue weighted by atomic mass is 35.5. The lowest BCUT2D eigenvalue weighted by molar-refractivity contribution is 0.0748. The summed E-state index contributed by atoms with van der Waals surface area (Å²) < 4.78 is 0. The molecule has 3 N–H and O–H groups in total. The van der Waals surface area contributed by atoms with Crippen molar-refractivity contribution in [1.29, 1.82) is 0 Å². The van der Waals surface area contributed by atoms with Crippen molar-refractivity contribution in [3.8, 4) is 11.5 Å². The maximum atomic E-state index is 12.6. The van der Waals surface area contributed by atoms with E-state index in [4.69, 9.17) is 11.6 Å². The van der Waals surface area contributed by atoms with Gasteiger partial charge in [0.25, 0.3) is 5.91 Å². The summed E-state index contributed by atoms with van der Waals surface area (Å²) in [4.78, 5) is 14.3. The van der Waals surface area contributed by atoms with Gasteiger partial charge in [-0.1, -0.05) is 23.7 Å². The number of aromatic hydroxyl groups is 2. The second kappa shape index (κ2) is 5.42. The average molecular weight is 319 g/mol. The molecule has 3 rings (SSSR count). The predicted molar refractivity (Wildman–Crippen MR) is 84.3 cm³/mol. The Morgan fingerprint density at radius 2 is 2.05 bits per heavy atom. The number of amides is 1. The molecule has 6 heteroatoms. The summed E-state index contributed by atoms with van der Waals surface area (Å²) in [6, 6.07) is 8.22. The fourth-order valence-corrected chi connectivity index (χ4v) is 3.04. The molecule has 2 aromatic rings. The number of fused-ring (bicyclic) bond motifs is 1. The Morgan fingerprint density at radius 3 is 2.73 bits per heavy atom. The molecule has 0 radical (unpaired) electrons. The van der Waals surface area contributed by atoms with Crippen molar-refractivity contribution in [1.82, 2.24) is 4.90 Å². The van der Waals surface area contributed by atoms with Crippen LogP contribution in [0.25, 0.3) is 0 Å². The van der Waals surface area contributed by atoms with Crippen LogP contribution in [0.4, 0.5) is 5.69 Å². The van der Waals surface area contributed by atoms with Gasteiger partial charge >= 0.3 is 0 Å². The van der Waals surface area contributed by atoms with E-state index in [0.29, 0.717) is 13.1 Å². The second-order valence-corrected chi connectivity index (χ2v) is 5.58. The smallest absolute Gasteiger partial charge is 0.259 e. The number of hydrogen-bond donors (Lipinski definition) is 3. The molecule has 1 aliphatic heterocycles. The lowest BCUT2D eigenvalue weighted by Gasteiger charge is -2.17. The molecule has 0 aliphatic carbocycles. The molecular weight excluding hydrogens is 304 g/mol. The molecule has 1 heterocycles. The Hall–Kier alpha value is -2.40. The van der Waals surface area contributed by atoms with Gasteiger partial charge in [-0.05, 0) is 23.3 Å². The van der Waals surface area contributed by atoms with E-state index in [2.05, 4.69) is 5.32 Å². The monoisotopic (exact) mass is 318 g/mol. The number of hydrogen-bond acceptors (Lipinski definition) is 4. The zero-order valence-electron chi connectivity index (χ0n) is 11.9. The van der Waals surface area contributed by atoms with Gasteiger partial charge in [0.2, 0.25) is 0 Å². The zero-order chi connectivity index (χ0) is 15.9. The van der Waals surface area contributed by atoms with Crippen LogP contribution < -0.4 is 5.32 Å². The van der Waals surface area contributed by atoms with Gasteiger partial charge in [-0.15, -0.1) is 0 Å². The van der Waals surface area contributed by atoms with E-state index in [-0.39, 0.29) is 28.0 Å². The van der Waals surface area contributed by atoms with E-state index in [9.17, 15) is 15.0 Å². The molecule has 0 bridgehead atoms. The highest BCUT2D eigenvalue weighted by molar-refractivity contribution is 6.34. The quantitative estimate of drug-likeness (QED) is 0.796. The number of phenolic OH excluding ortho intramolecular Hbond substituents is 2. The van der Waals surface area contributed by atoms with Crippen LogP contribution in [0.5, 0.6) is 11.5 Å².